The molecule has 75 heavy (non-hydrogen) atoms. The number of para-hydroxylation sites is 4. The van der Waals surface area contributed by atoms with Crippen LogP contribution in [0.1, 0.15) is 0 Å². The number of aromatic nitrogens is 3. The first-order chi connectivity index (χ1) is 37.2. The summed E-state index contributed by atoms with van der Waals surface area (Å²) in [5.41, 5.74) is 15.5. The van der Waals surface area contributed by atoms with Crippen LogP contribution in [-0.4, -0.2) is 14.5 Å². The summed E-state index contributed by atoms with van der Waals surface area (Å²) in [6.07, 6.45) is 0. The van der Waals surface area contributed by atoms with Crippen LogP contribution in [0.25, 0.3) is 104 Å². The van der Waals surface area contributed by atoms with Crippen molar-refractivity contribution >= 4 is 121 Å². The number of rotatable bonds is 8. The Morgan fingerprint density at radius 2 is 0.720 bits per heavy atom. The Morgan fingerprint density at radius 1 is 0.267 bits per heavy atom. The second-order valence-corrected chi connectivity index (χ2v) is 19.4. The van der Waals surface area contributed by atoms with Gasteiger partial charge in [-0.05, 0) is 159 Å². The molecule has 5 nitrogen and oxygen atoms in total. The van der Waals surface area contributed by atoms with E-state index in [0.717, 1.165) is 111 Å². The van der Waals surface area contributed by atoms with E-state index in [4.69, 9.17) is 9.97 Å². The van der Waals surface area contributed by atoms with Gasteiger partial charge in [-0.15, -0.1) is 0 Å². The Balaban J connectivity index is 1.03. The van der Waals surface area contributed by atoms with Crippen molar-refractivity contribution in [2.75, 3.05) is 9.80 Å². The van der Waals surface area contributed by atoms with E-state index < -0.39 is 0 Å². The summed E-state index contributed by atoms with van der Waals surface area (Å²) in [7, 11) is 0. The first-order valence-electron chi connectivity index (χ1n) is 25.6. The molecule has 15 aromatic rings. The molecule has 0 fully saturated rings. The van der Waals surface area contributed by atoms with Gasteiger partial charge in [0, 0.05) is 61.4 Å². The number of nitrogens with zero attached hydrogens (tertiary/aromatic N) is 5. The Bertz CT molecular complexity index is 4630. The molecule has 0 atom stereocenters. The third-order valence-corrected chi connectivity index (χ3v) is 15.0. The highest BCUT2D eigenvalue weighted by Crippen LogP contribution is 2.45. The van der Waals surface area contributed by atoms with E-state index in [2.05, 4.69) is 287 Å². The Labute approximate surface area is 433 Å². The summed E-state index contributed by atoms with van der Waals surface area (Å²) in [6, 6.07) is 98.2. The second-order valence-electron chi connectivity index (χ2n) is 19.4. The zero-order valence-corrected chi connectivity index (χ0v) is 40.7. The molecule has 0 saturated carbocycles. The van der Waals surface area contributed by atoms with Gasteiger partial charge in [0.05, 0.1) is 33.1 Å². The predicted octanol–water partition coefficient (Wildman–Crippen LogP) is 19.1. The molecule has 15 rings (SSSR count). The van der Waals surface area contributed by atoms with Crippen LogP contribution >= 0.6 is 0 Å². The molecule has 2 aromatic heterocycles. The van der Waals surface area contributed by atoms with Crippen LogP contribution < -0.4 is 9.80 Å². The van der Waals surface area contributed by atoms with Crippen LogP contribution in [-0.2, 0) is 0 Å². The van der Waals surface area contributed by atoms with E-state index >= 15 is 0 Å². The van der Waals surface area contributed by atoms with E-state index in [1.807, 2.05) is 0 Å². The smallest absolute Gasteiger partial charge is 0.0995 e. The van der Waals surface area contributed by atoms with Crippen molar-refractivity contribution in [1.29, 1.82) is 0 Å². The van der Waals surface area contributed by atoms with Gasteiger partial charge in [0.2, 0.25) is 0 Å². The SMILES string of the molecule is c1ccc(N(c2ccccc2)c2ccc3c(c2)c2cc(N(c4ccccc4)c4ccccc4)ccc2c2nc4c(ccc5c4c4cc(-c6ccc7ccccc7c6)ccc4n5-c4ccc5ccccc5c4)nc32)cc1. The second kappa shape index (κ2) is 17.3. The lowest BCUT2D eigenvalue weighted by atomic mass is 9.97. The Kier molecular flexibility index (Phi) is 9.82. The van der Waals surface area contributed by atoms with Crippen molar-refractivity contribution in [3.63, 3.8) is 0 Å². The lowest BCUT2D eigenvalue weighted by Gasteiger charge is -2.27. The zero-order chi connectivity index (χ0) is 49.4. The predicted molar refractivity (Wildman–Crippen MR) is 316 cm³/mol. The molecule has 0 aliphatic heterocycles. The van der Waals surface area contributed by atoms with E-state index in [1.54, 1.807) is 0 Å². The summed E-state index contributed by atoms with van der Waals surface area (Å²) < 4.78 is 2.41. The van der Waals surface area contributed by atoms with Gasteiger partial charge in [0.1, 0.15) is 0 Å². The molecular formula is C70H45N5. The topological polar surface area (TPSA) is 37.2 Å². The molecule has 0 aliphatic carbocycles. The highest BCUT2D eigenvalue weighted by atomic mass is 15.1. The van der Waals surface area contributed by atoms with E-state index in [1.165, 1.54) is 27.1 Å². The van der Waals surface area contributed by atoms with Gasteiger partial charge in [0.25, 0.3) is 0 Å². The first-order valence-corrected chi connectivity index (χ1v) is 25.6. The van der Waals surface area contributed by atoms with Gasteiger partial charge in [-0.2, -0.15) is 0 Å². The van der Waals surface area contributed by atoms with E-state index in [0.29, 0.717) is 0 Å². The molecule has 5 heteroatoms. The number of benzene rings is 13. The molecule has 0 saturated heterocycles. The molecule has 2 heterocycles. The summed E-state index contributed by atoms with van der Waals surface area (Å²) in [6.45, 7) is 0. The fourth-order valence-electron chi connectivity index (χ4n) is 11.5. The van der Waals surface area contributed by atoms with Crippen molar-refractivity contribution in [2.24, 2.45) is 0 Å². The van der Waals surface area contributed by atoms with Gasteiger partial charge in [-0.25, -0.2) is 9.97 Å². The largest absolute Gasteiger partial charge is 0.310 e. The van der Waals surface area contributed by atoms with Crippen molar-refractivity contribution in [1.82, 2.24) is 14.5 Å². The Hall–Kier alpha value is -10.1. The van der Waals surface area contributed by atoms with Crippen LogP contribution in [0.5, 0.6) is 0 Å². The van der Waals surface area contributed by atoms with Crippen molar-refractivity contribution < 1.29 is 0 Å². The highest BCUT2D eigenvalue weighted by Gasteiger charge is 2.23. The highest BCUT2D eigenvalue weighted by molar-refractivity contribution is 6.27. The third kappa shape index (κ3) is 7.08. The van der Waals surface area contributed by atoms with Crippen LogP contribution in [0.4, 0.5) is 34.1 Å². The molecule has 0 aliphatic rings. The molecule has 0 bridgehead atoms. The minimum absolute atomic E-state index is 0.847. The molecule has 350 valence electrons. The van der Waals surface area contributed by atoms with Crippen LogP contribution in [0.3, 0.4) is 0 Å². The molecule has 0 radical (unpaired) electrons. The van der Waals surface area contributed by atoms with Crippen LogP contribution in [0.2, 0.25) is 0 Å². The average Bonchev–Trinajstić information content (AvgIpc) is 3.93. The van der Waals surface area contributed by atoms with E-state index in [9.17, 15) is 0 Å². The summed E-state index contributed by atoms with van der Waals surface area (Å²) in [5, 5.41) is 11.3. The number of fused-ring (bicyclic) bond motifs is 13. The number of anilines is 6. The molecule has 0 spiro atoms. The normalized spacial score (nSPS) is 11.7. The van der Waals surface area contributed by atoms with Gasteiger partial charge in [0.15, 0.2) is 0 Å². The molecule has 0 N–H and O–H groups in total. The van der Waals surface area contributed by atoms with E-state index in [-0.39, 0.29) is 0 Å². The van der Waals surface area contributed by atoms with Crippen molar-refractivity contribution in [3.8, 4) is 16.8 Å². The first kappa shape index (κ1) is 42.6. The standard InChI is InChI=1S/C70H45N5/c1-5-21-52(22-6-1)73(53-23-7-2-8-24-53)57-34-36-59-61(44-57)62-45-58(74(54-25-9-3-10-26-54)55-27-11-4-12-28-55)35-37-60(62)69-68(59)71-64-38-40-66-67(70(64)72-69)63-43-51(50-30-29-46-17-13-15-19-48(46)41-50)32-39-65(63)75(66)56-33-31-47-18-14-16-20-49(47)42-56/h1-45H. The zero-order valence-electron chi connectivity index (χ0n) is 40.7. The lowest BCUT2D eigenvalue weighted by Crippen LogP contribution is -2.10. The van der Waals surface area contributed by atoms with Gasteiger partial charge in [-0.1, -0.05) is 158 Å². The molecular weight excluding hydrogens is 911 g/mol. The van der Waals surface area contributed by atoms with Crippen molar-refractivity contribution in [2.45, 2.75) is 0 Å². The quantitative estimate of drug-likeness (QED) is 0.112. The summed E-state index contributed by atoms with van der Waals surface area (Å²) in [5.74, 6) is 0. The number of hydrogen-bond acceptors (Lipinski definition) is 4. The van der Waals surface area contributed by atoms with Gasteiger partial charge in [-0.3, -0.25) is 0 Å². The minimum atomic E-state index is 0.847. The summed E-state index contributed by atoms with van der Waals surface area (Å²) in [4.78, 5) is 16.2. The summed E-state index contributed by atoms with van der Waals surface area (Å²) >= 11 is 0. The third-order valence-electron chi connectivity index (χ3n) is 15.0. The maximum absolute atomic E-state index is 5.88. The maximum Gasteiger partial charge on any atom is 0.0995 e. The Morgan fingerprint density at radius 3 is 1.28 bits per heavy atom. The molecule has 13 aromatic carbocycles. The average molecular weight is 956 g/mol. The van der Waals surface area contributed by atoms with Gasteiger partial charge >= 0.3 is 0 Å². The fraction of sp³-hybridized carbons (Fsp3) is 0. The fourth-order valence-corrected chi connectivity index (χ4v) is 11.5. The van der Waals surface area contributed by atoms with Crippen LogP contribution in [0.15, 0.2) is 273 Å². The minimum Gasteiger partial charge on any atom is -0.310 e. The van der Waals surface area contributed by atoms with Crippen molar-refractivity contribution in [3.05, 3.63) is 273 Å². The van der Waals surface area contributed by atoms with Gasteiger partial charge < -0.3 is 14.4 Å². The van der Waals surface area contributed by atoms with Crippen LogP contribution in [0, 0.1) is 0 Å². The number of hydrogen-bond donors (Lipinski definition) is 0. The molecule has 0 amide bonds. The molecule has 0 unspecified atom stereocenters. The lowest BCUT2D eigenvalue weighted by molar-refractivity contribution is 1.19. The monoisotopic (exact) mass is 955 g/mol. The maximum atomic E-state index is 5.88.